The Kier molecular flexibility index (Phi) is 5.34. The molecule has 5 heterocycles. The fourth-order valence-electron chi connectivity index (χ4n) is 3.15. The monoisotopic (exact) mass is 470 g/mol. The fraction of sp³-hybridized carbons (Fsp3) is 0.368. The Morgan fingerprint density at radius 2 is 1.56 bits per heavy atom. The van der Waals surface area contributed by atoms with Gasteiger partial charge in [0.1, 0.15) is 0 Å². The number of hydrogen-bond donors (Lipinski definition) is 1. The number of aliphatic hydroxyl groups excluding tert-OH is 1. The zero-order chi connectivity index (χ0) is 18.2. The second kappa shape index (κ2) is 7.91. The van der Waals surface area contributed by atoms with Gasteiger partial charge >= 0.3 is 171 Å². The predicted molar refractivity (Wildman–Crippen MR) is 105 cm³/mol. The van der Waals surface area contributed by atoms with Crippen LogP contribution in [0.1, 0.15) is 27.5 Å². The number of ether oxygens (including phenoxy) is 4. The first kappa shape index (κ1) is 18.2. The third-order valence-electron chi connectivity index (χ3n) is 4.41. The molecule has 0 atom stereocenters. The predicted octanol–water partition coefficient (Wildman–Crippen LogP) is 3.78. The van der Waals surface area contributed by atoms with Crippen LogP contribution in [0.15, 0.2) is 30.3 Å². The molecule has 3 aromatic heterocycles. The number of hydrogen-bond acceptors (Lipinski definition) is 7. The number of thiophene rings is 2. The van der Waals surface area contributed by atoms with E-state index in [0.717, 1.165) is 14.9 Å². The number of aliphatic hydroxyl groups is 1. The first-order chi connectivity index (χ1) is 13.3. The van der Waals surface area contributed by atoms with E-state index in [1.165, 1.54) is 19.1 Å². The second-order valence-corrected chi connectivity index (χ2v) is 10.8. The fourth-order valence-corrected chi connectivity index (χ4v) is 7.47. The van der Waals surface area contributed by atoms with E-state index in [1.807, 2.05) is 6.07 Å². The topological polar surface area (TPSA) is 57.2 Å². The zero-order valence-corrected chi connectivity index (χ0v) is 17.7. The van der Waals surface area contributed by atoms with Gasteiger partial charge in [0.15, 0.2) is 0 Å². The summed E-state index contributed by atoms with van der Waals surface area (Å²) in [6.45, 7) is 2.60. The van der Waals surface area contributed by atoms with Gasteiger partial charge in [-0.3, -0.25) is 0 Å². The molecule has 0 bridgehead atoms. The van der Waals surface area contributed by atoms with Crippen molar-refractivity contribution in [3.05, 3.63) is 45.2 Å². The van der Waals surface area contributed by atoms with Crippen LogP contribution in [0.25, 0.3) is 19.1 Å². The minimum atomic E-state index is -0.339. The Morgan fingerprint density at radius 1 is 0.852 bits per heavy atom. The van der Waals surface area contributed by atoms with Gasteiger partial charge in [0.2, 0.25) is 0 Å². The Balaban J connectivity index is 1.48. The molecule has 0 aliphatic carbocycles. The molecular formula is C19H18O5S2Se. The molecular weight excluding hydrogens is 451 g/mol. The van der Waals surface area contributed by atoms with Crippen molar-refractivity contribution in [2.75, 3.05) is 26.4 Å². The molecule has 0 amide bonds. The first-order valence-electron chi connectivity index (χ1n) is 8.72. The summed E-state index contributed by atoms with van der Waals surface area (Å²) in [5.74, 6) is 0. The molecule has 8 heteroatoms. The van der Waals surface area contributed by atoms with Crippen LogP contribution in [-0.4, -0.2) is 46.0 Å². The molecule has 142 valence electrons. The molecule has 0 radical (unpaired) electrons. The van der Waals surface area contributed by atoms with Crippen LogP contribution in [-0.2, 0) is 25.6 Å². The van der Waals surface area contributed by atoms with Crippen LogP contribution < -0.4 is 0 Å². The van der Waals surface area contributed by atoms with E-state index < -0.39 is 0 Å². The molecule has 3 aromatic rings. The summed E-state index contributed by atoms with van der Waals surface area (Å²) in [6.07, 6.45) is -0.669. The van der Waals surface area contributed by atoms with Crippen molar-refractivity contribution in [2.45, 2.75) is 19.2 Å². The normalized spacial score (nSPS) is 18.7. The number of rotatable bonds is 5. The van der Waals surface area contributed by atoms with Crippen molar-refractivity contribution in [3.8, 4) is 19.1 Å². The van der Waals surface area contributed by atoms with Gasteiger partial charge in [-0.15, -0.1) is 0 Å². The molecule has 2 aliphatic heterocycles. The minimum absolute atomic E-state index is 0.151. The summed E-state index contributed by atoms with van der Waals surface area (Å²) in [4.78, 5) is 4.70. The molecule has 5 rings (SSSR count). The molecule has 0 spiro atoms. The quantitative estimate of drug-likeness (QED) is 0.577. The zero-order valence-electron chi connectivity index (χ0n) is 14.4. The van der Waals surface area contributed by atoms with E-state index in [4.69, 9.17) is 18.9 Å². The van der Waals surface area contributed by atoms with Gasteiger partial charge in [0.25, 0.3) is 0 Å². The Morgan fingerprint density at radius 3 is 2.26 bits per heavy atom. The van der Waals surface area contributed by atoms with Gasteiger partial charge in [-0.1, -0.05) is 0 Å². The van der Waals surface area contributed by atoms with E-state index >= 15 is 0 Å². The van der Waals surface area contributed by atoms with E-state index in [0.29, 0.717) is 26.4 Å². The summed E-state index contributed by atoms with van der Waals surface area (Å²) in [5, 5.41) is 9.33. The van der Waals surface area contributed by atoms with E-state index in [-0.39, 0.29) is 33.7 Å². The van der Waals surface area contributed by atoms with Crippen molar-refractivity contribution in [1.29, 1.82) is 0 Å². The van der Waals surface area contributed by atoms with Crippen LogP contribution >= 0.6 is 22.7 Å². The first-order valence-corrected chi connectivity index (χ1v) is 12.1. The standard InChI is InChI=1S/C19H18O5S2Se/c20-10-11-1-4-16(27-11)14-3-2-13(25-14)15-9-12(18-21-5-6-22-18)17(26-15)19-23-7-8-24-19/h1-4,9,18-20H,5-8,10H2. The summed E-state index contributed by atoms with van der Waals surface area (Å²) >= 11 is 3.70. The molecule has 2 fully saturated rings. The van der Waals surface area contributed by atoms with Gasteiger partial charge in [-0.05, 0) is 0 Å². The van der Waals surface area contributed by atoms with Crippen LogP contribution in [0.2, 0.25) is 0 Å². The Bertz CT molecular complexity index is 885. The van der Waals surface area contributed by atoms with Crippen LogP contribution in [0.4, 0.5) is 0 Å². The molecule has 0 unspecified atom stereocenters. The second-order valence-electron chi connectivity index (χ2n) is 6.17. The molecule has 0 saturated carbocycles. The molecule has 2 aliphatic rings. The molecule has 1 N–H and O–H groups in total. The summed E-state index contributed by atoms with van der Waals surface area (Å²) < 4.78 is 25.4. The molecule has 5 nitrogen and oxygen atoms in total. The average Bonchev–Trinajstić information content (AvgIpc) is 3.51. The molecule has 2 saturated heterocycles. The van der Waals surface area contributed by atoms with Crippen molar-refractivity contribution < 1.29 is 24.1 Å². The summed E-state index contributed by atoms with van der Waals surface area (Å²) in [7, 11) is 0. The van der Waals surface area contributed by atoms with Gasteiger partial charge in [-0.25, -0.2) is 0 Å². The van der Waals surface area contributed by atoms with Gasteiger partial charge in [0, 0.05) is 0 Å². The van der Waals surface area contributed by atoms with Crippen molar-refractivity contribution in [1.82, 2.24) is 0 Å². The maximum absolute atomic E-state index is 9.33. The van der Waals surface area contributed by atoms with Crippen LogP contribution in [0, 0.1) is 0 Å². The van der Waals surface area contributed by atoms with Gasteiger partial charge in [0.05, 0.1) is 0 Å². The van der Waals surface area contributed by atoms with E-state index in [9.17, 15) is 5.11 Å². The third kappa shape index (κ3) is 3.62. The van der Waals surface area contributed by atoms with Crippen molar-refractivity contribution in [3.63, 3.8) is 0 Å². The van der Waals surface area contributed by atoms with Crippen LogP contribution in [0.3, 0.4) is 0 Å². The van der Waals surface area contributed by atoms with Crippen molar-refractivity contribution in [2.24, 2.45) is 0 Å². The summed E-state index contributed by atoms with van der Waals surface area (Å²) in [5.41, 5.74) is 1.02. The van der Waals surface area contributed by atoms with Crippen molar-refractivity contribution >= 4 is 37.2 Å². The Labute approximate surface area is 170 Å². The SMILES string of the molecule is OCc1ccc(-c2ccc(-c3cc(C4OCCO4)c(C4OCCO4)s3)s2)[se]1. The molecule has 27 heavy (non-hydrogen) atoms. The Hall–Kier alpha value is -0.801. The third-order valence-corrected chi connectivity index (χ3v) is 9.50. The maximum atomic E-state index is 9.33. The van der Waals surface area contributed by atoms with E-state index in [1.54, 1.807) is 22.7 Å². The summed E-state index contributed by atoms with van der Waals surface area (Å²) in [6, 6.07) is 10.7. The van der Waals surface area contributed by atoms with E-state index in [2.05, 4.69) is 24.3 Å². The average molecular weight is 469 g/mol. The van der Waals surface area contributed by atoms with Gasteiger partial charge in [-0.2, -0.15) is 0 Å². The van der Waals surface area contributed by atoms with Gasteiger partial charge < -0.3 is 0 Å². The molecule has 0 aromatic carbocycles. The van der Waals surface area contributed by atoms with Crippen LogP contribution in [0.5, 0.6) is 0 Å².